The van der Waals surface area contributed by atoms with Gasteiger partial charge in [-0.25, -0.2) is 9.18 Å². The summed E-state index contributed by atoms with van der Waals surface area (Å²) >= 11 is 0. The average Bonchev–Trinajstić information content (AvgIpc) is 3.04. The van der Waals surface area contributed by atoms with E-state index in [0.29, 0.717) is 24.7 Å². The van der Waals surface area contributed by atoms with E-state index < -0.39 is 52.7 Å². The van der Waals surface area contributed by atoms with E-state index in [-0.39, 0.29) is 43.9 Å². The number of ether oxygens (including phenoxy) is 3. The minimum atomic E-state index is -1.16. The van der Waals surface area contributed by atoms with Crippen molar-refractivity contribution in [2.45, 2.75) is 45.3 Å². The van der Waals surface area contributed by atoms with E-state index in [4.69, 9.17) is 14.2 Å². The molecule has 1 atom stereocenters. The molecule has 37 heavy (non-hydrogen) atoms. The van der Waals surface area contributed by atoms with E-state index in [0.717, 1.165) is 6.07 Å². The topological polar surface area (TPSA) is 152 Å². The van der Waals surface area contributed by atoms with Gasteiger partial charge in [-0.1, -0.05) is 0 Å². The van der Waals surface area contributed by atoms with E-state index in [2.05, 4.69) is 16.0 Å². The normalized spacial score (nSPS) is 17.5. The van der Waals surface area contributed by atoms with Crippen molar-refractivity contribution in [3.8, 4) is 0 Å². The molecule has 0 saturated carbocycles. The molecular formula is C24H31FN4O8. The maximum absolute atomic E-state index is 14.7. The molecule has 2 aliphatic heterocycles. The Kier molecular flexibility index (Phi) is 9.16. The van der Waals surface area contributed by atoms with E-state index in [1.54, 1.807) is 20.8 Å². The fourth-order valence-corrected chi connectivity index (χ4v) is 3.78. The quantitative estimate of drug-likeness (QED) is 0.287. The van der Waals surface area contributed by atoms with Crippen molar-refractivity contribution in [2.24, 2.45) is 0 Å². The van der Waals surface area contributed by atoms with Crippen LogP contribution in [0.4, 0.5) is 14.9 Å². The standard InChI is InChI=1S/C24H31FN4O8/c1-24(2,3)37-23(34)27-7-9-36-11-10-35-8-6-26-14-12-15-19(16(25)13-14)22(33)29(21(15)32)17-4-5-18(30)28-20(17)31/h12-13,17,26H,4-11H2,1-3H3,(H,27,34)(H,28,30,31). The summed E-state index contributed by atoms with van der Waals surface area (Å²) in [5.41, 5.74) is -0.835. The number of hydrogen-bond acceptors (Lipinski definition) is 9. The summed E-state index contributed by atoms with van der Waals surface area (Å²) in [5, 5.41) is 7.60. The highest BCUT2D eigenvalue weighted by Crippen LogP contribution is 2.31. The molecule has 3 N–H and O–H groups in total. The maximum atomic E-state index is 14.7. The molecule has 1 saturated heterocycles. The third-order valence-electron chi connectivity index (χ3n) is 5.36. The second-order valence-electron chi connectivity index (χ2n) is 9.41. The van der Waals surface area contributed by atoms with Gasteiger partial charge in [0.05, 0.1) is 37.6 Å². The van der Waals surface area contributed by atoms with Crippen LogP contribution in [-0.2, 0) is 23.8 Å². The number of fused-ring (bicyclic) bond motifs is 1. The zero-order valence-electron chi connectivity index (χ0n) is 21.0. The fourth-order valence-electron chi connectivity index (χ4n) is 3.78. The van der Waals surface area contributed by atoms with E-state index >= 15 is 0 Å². The Morgan fingerprint density at radius 2 is 1.73 bits per heavy atom. The summed E-state index contributed by atoms with van der Waals surface area (Å²) in [4.78, 5) is 61.3. The zero-order chi connectivity index (χ0) is 27.2. The number of anilines is 1. The van der Waals surface area contributed by atoms with Crippen molar-refractivity contribution in [3.05, 3.63) is 29.1 Å². The van der Waals surface area contributed by atoms with Crippen molar-refractivity contribution in [2.75, 3.05) is 44.8 Å². The first-order valence-electron chi connectivity index (χ1n) is 11.9. The second kappa shape index (κ2) is 12.1. The zero-order valence-corrected chi connectivity index (χ0v) is 21.0. The van der Waals surface area contributed by atoms with Crippen LogP contribution >= 0.6 is 0 Å². The molecule has 202 valence electrons. The number of halogens is 1. The highest BCUT2D eigenvalue weighted by molar-refractivity contribution is 6.23. The molecular weight excluding hydrogens is 491 g/mol. The van der Waals surface area contributed by atoms with Crippen molar-refractivity contribution in [1.82, 2.24) is 15.5 Å². The van der Waals surface area contributed by atoms with Crippen LogP contribution in [0.25, 0.3) is 0 Å². The smallest absolute Gasteiger partial charge is 0.407 e. The van der Waals surface area contributed by atoms with Crippen LogP contribution in [0.2, 0.25) is 0 Å². The molecule has 1 aromatic carbocycles. The maximum Gasteiger partial charge on any atom is 0.407 e. The number of piperidine rings is 1. The first-order valence-corrected chi connectivity index (χ1v) is 11.9. The Balaban J connectivity index is 1.38. The number of nitrogens with one attached hydrogen (secondary N) is 3. The summed E-state index contributed by atoms with van der Waals surface area (Å²) in [7, 11) is 0. The molecule has 0 aromatic heterocycles. The number of hydrogen-bond donors (Lipinski definition) is 3. The molecule has 12 nitrogen and oxygen atoms in total. The van der Waals surface area contributed by atoms with Crippen LogP contribution in [0.3, 0.4) is 0 Å². The van der Waals surface area contributed by atoms with Gasteiger partial charge in [-0.2, -0.15) is 0 Å². The van der Waals surface area contributed by atoms with Crippen molar-refractivity contribution in [1.29, 1.82) is 0 Å². The molecule has 0 radical (unpaired) electrons. The summed E-state index contributed by atoms with van der Waals surface area (Å²) in [6.45, 7) is 7.04. The Morgan fingerprint density at radius 3 is 2.38 bits per heavy atom. The number of carbonyl (C=O) groups is 5. The van der Waals surface area contributed by atoms with Crippen molar-refractivity contribution >= 4 is 35.4 Å². The number of nitrogens with zero attached hydrogens (tertiary/aromatic N) is 1. The molecule has 1 fully saturated rings. The van der Waals surface area contributed by atoms with Crippen LogP contribution in [0.5, 0.6) is 0 Å². The average molecular weight is 523 g/mol. The van der Waals surface area contributed by atoms with Crippen LogP contribution < -0.4 is 16.0 Å². The molecule has 0 bridgehead atoms. The molecule has 0 aliphatic carbocycles. The SMILES string of the molecule is CC(C)(C)OC(=O)NCCOCCOCCNc1cc(F)c2c(c1)C(=O)N(C1CCC(=O)NC1=O)C2=O. The number of alkyl carbamates (subject to hydrolysis) is 1. The molecule has 2 heterocycles. The molecule has 1 aromatic rings. The van der Waals surface area contributed by atoms with Crippen LogP contribution in [0.15, 0.2) is 12.1 Å². The molecule has 3 rings (SSSR count). The third-order valence-corrected chi connectivity index (χ3v) is 5.36. The second-order valence-corrected chi connectivity index (χ2v) is 9.41. The monoisotopic (exact) mass is 522 g/mol. The fraction of sp³-hybridized carbons (Fsp3) is 0.542. The van der Waals surface area contributed by atoms with Gasteiger partial charge in [0.1, 0.15) is 17.5 Å². The van der Waals surface area contributed by atoms with Gasteiger partial charge in [0.15, 0.2) is 0 Å². The Bertz CT molecular complexity index is 1070. The number of benzene rings is 1. The lowest BCUT2D eigenvalue weighted by Gasteiger charge is -2.27. The predicted octanol–water partition coefficient (Wildman–Crippen LogP) is 1.20. The summed E-state index contributed by atoms with van der Waals surface area (Å²) < 4.78 is 30.6. The molecule has 0 spiro atoms. The number of imide groups is 2. The lowest BCUT2D eigenvalue weighted by molar-refractivity contribution is -0.136. The van der Waals surface area contributed by atoms with Crippen molar-refractivity contribution in [3.63, 3.8) is 0 Å². The molecule has 13 heteroatoms. The summed E-state index contributed by atoms with van der Waals surface area (Å²) in [5.74, 6) is -3.82. The largest absolute Gasteiger partial charge is 0.444 e. The van der Waals surface area contributed by atoms with Crippen LogP contribution in [0.1, 0.15) is 54.3 Å². The number of amides is 5. The van der Waals surface area contributed by atoms with Gasteiger partial charge >= 0.3 is 6.09 Å². The number of carbonyl (C=O) groups excluding carboxylic acids is 5. The minimum Gasteiger partial charge on any atom is -0.444 e. The Labute approximate surface area is 213 Å². The van der Waals surface area contributed by atoms with Gasteiger partial charge in [0.2, 0.25) is 11.8 Å². The van der Waals surface area contributed by atoms with Gasteiger partial charge < -0.3 is 24.8 Å². The number of rotatable bonds is 11. The highest BCUT2D eigenvalue weighted by atomic mass is 19.1. The van der Waals surface area contributed by atoms with Crippen LogP contribution in [-0.4, -0.2) is 85.8 Å². The minimum absolute atomic E-state index is 0.00975. The molecule has 1 unspecified atom stereocenters. The predicted molar refractivity (Wildman–Crippen MR) is 127 cm³/mol. The van der Waals surface area contributed by atoms with E-state index in [9.17, 15) is 28.4 Å². The van der Waals surface area contributed by atoms with Gasteiger partial charge in [-0.05, 0) is 39.3 Å². The molecule has 2 aliphatic rings. The summed E-state index contributed by atoms with van der Waals surface area (Å²) in [6.07, 6.45) is -0.548. The summed E-state index contributed by atoms with van der Waals surface area (Å²) in [6, 6.07) is 1.29. The van der Waals surface area contributed by atoms with E-state index in [1.165, 1.54) is 6.07 Å². The van der Waals surface area contributed by atoms with Gasteiger partial charge in [-0.3, -0.25) is 29.4 Å². The van der Waals surface area contributed by atoms with Gasteiger partial charge in [0.25, 0.3) is 11.8 Å². The van der Waals surface area contributed by atoms with Crippen LogP contribution in [0, 0.1) is 5.82 Å². The third kappa shape index (κ3) is 7.46. The van der Waals surface area contributed by atoms with Crippen molar-refractivity contribution < 1.29 is 42.6 Å². The molecule has 5 amide bonds. The van der Waals surface area contributed by atoms with Gasteiger partial charge in [0, 0.05) is 25.2 Å². The van der Waals surface area contributed by atoms with E-state index in [1.807, 2.05) is 0 Å². The Morgan fingerprint density at radius 1 is 1.05 bits per heavy atom. The lowest BCUT2D eigenvalue weighted by Crippen LogP contribution is -2.54. The first kappa shape index (κ1) is 28.0. The highest BCUT2D eigenvalue weighted by Gasteiger charge is 2.46. The first-order chi connectivity index (χ1) is 17.5. The lowest BCUT2D eigenvalue weighted by atomic mass is 10.0. The Hall–Kier alpha value is -3.58. The van der Waals surface area contributed by atoms with Gasteiger partial charge in [-0.15, -0.1) is 0 Å².